The van der Waals surface area contributed by atoms with Crippen LogP contribution in [-0.2, 0) is 9.53 Å². The van der Waals surface area contributed by atoms with Crippen LogP contribution in [0.5, 0.6) is 0 Å². The predicted molar refractivity (Wildman–Crippen MR) is 82.2 cm³/mol. The molecule has 0 heterocycles. The number of rotatable bonds is 9. The topological polar surface area (TPSA) is 26.3 Å². The molecular weight excluding hydrogens is 236 g/mol. The second-order valence-corrected chi connectivity index (χ2v) is 6.35. The van der Waals surface area contributed by atoms with Gasteiger partial charge in [0.15, 0.2) is 0 Å². The Labute approximate surface area is 120 Å². The van der Waals surface area contributed by atoms with Crippen molar-refractivity contribution in [3.05, 3.63) is 0 Å². The number of ether oxygens (including phenoxy) is 1. The van der Waals surface area contributed by atoms with Crippen molar-refractivity contribution in [1.29, 1.82) is 0 Å². The Bertz CT molecular complexity index is 266. The fourth-order valence-corrected chi connectivity index (χ4v) is 2.71. The first-order valence-corrected chi connectivity index (χ1v) is 8.05. The van der Waals surface area contributed by atoms with E-state index in [1.165, 1.54) is 0 Å². The summed E-state index contributed by atoms with van der Waals surface area (Å²) in [5, 5.41) is 0. The Hall–Kier alpha value is -0.530. The average Bonchev–Trinajstić information content (AvgIpc) is 2.37. The van der Waals surface area contributed by atoms with Crippen molar-refractivity contribution < 1.29 is 9.53 Å². The van der Waals surface area contributed by atoms with Crippen molar-refractivity contribution in [3.8, 4) is 0 Å². The number of hydrogen-bond acceptors (Lipinski definition) is 2. The lowest BCUT2D eigenvalue weighted by Crippen LogP contribution is -2.42. The SMILES string of the molecule is CCCC(CC)(CC)OC(=O)C(C)(CCC)C(C)C. The Balaban J connectivity index is 5.06. The number of hydrogen-bond donors (Lipinski definition) is 0. The van der Waals surface area contributed by atoms with Crippen LogP contribution in [0.2, 0.25) is 0 Å². The highest BCUT2D eigenvalue weighted by atomic mass is 16.6. The van der Waals surface area contributed by atoms with Crippen LogP contribution in [0.25, 0.3) is 0 Å². The van der Waals surface area contributed by atoms with Crippen molar-refractivity contribution in [2.45, 2.75) is 92.6 Å². The van der Waals surface area contributed by atoms with Crippen molar-refractivity contribution >= 4 is 5.97 Å². The molecule has 0 aromatic heterocycles. The molecule has 0 saturated carbocycles. The van der Waals surface area contributed by atoms with Gasteiger partial charge in [0, 0.05) is 0 Å². The van der Waals surface area contributed by atoms with Gasteiger partial charge in [0.05, 0.1) is 5.41 Å². The van der Waals surface area contributed by atoms with E-state index in [1.54, 1.807) is 0 Å². The van der Waals surface area contributed by atoms with Crippen molar-refractivity contribution in [2.24, 2.45) is 11.3 Å². The Morgan fingerprint density at radius 1 is 1.00 bits per heavy atom. The molecule has 2 nitrogen and oxygen atoms in total. The van der Waals surface area contributed by atoms with Crippen LogP contribution in [0.3, 0.4) is 0 Å². The lowest BCUT2D eigenvalue weighted by Gasteiger charge is -2.38. The van der Waals surface area contributed by atoms with Gasteiger partial charge in [-0.1, -0.05) is 54.4 Å². The fraction of sp³-hybridized carbons (Fsp3) is 0.941. The largest absolute Gasteiger partial charge is 0.459 e. The van der Waals surface area contributed by atoms with Crippen LogP contribution < -0.4 is 0 Å². The highest BCUT2D eigenvalue weighted by Gasteiger charge is 2.41. The van der Waals surface area contributed by atoms with Crippen molar-refractivity contribution in [1.82, 2.24) is 0 Å². The molecule has 0 aliphatic heterocycles. The lowest BCUT2D eigenvalue weighted by atomic mass is 9.75. The Kier molecular flexibility index (Phi) is 7.69. The molecule has 0 aromatic rings. The van der Waals surface area contributed by atoms with Crippen LogP contribution in [0.4, 0.5) is 0 Å². The first kappa shape index (κ1) is 18.5. The molecule has 0 fully saturated rings. The summed E-state index contributed by atoms with van der Waals surface area (Å²) in [4.78, 5) is 12.7. The Morgan fingerprint density at radius 3 is 1.79 bits per heavy atom. The van der Waals surface area contributed by atoms with E-state index in [1.807, 2.05) is 0 Å². The normalized spacial score (nSPS) is 15.4. The van der Waals surface area contributed by atoms with Gasteiger partial charge in [-0.2, -0.15) is 0 Å². The van der Waals surface area contributed by atoms with Gasteiger partial charge in [-0.05, 0) is 38.5 Å². The quantitative estimate of drug-likeness (QED) is 0.528. The van der Waals surface area contributed by atoms with Gasteiger partial charge < -0.3 is 4.74 Å². The lowest BCUT2D eigenvalue weighted by molar-refractivity contribution is -0.177. The molecule has 0 radical (unpaired) electrons. The van der Waals surface area contributed by atoms with Crippen LogP contribution >= 0.6 is 0 Å². The first-order chi connectivity index (χ1) is 8.81. The van der Waals surface area contributed by atoms with Crippen LogP contribution in [0, 0.1) is 11.3 Å². The minimum Gasteiger partial charge on any atom is -0.459 e. The molecule has 1 atom stereocenters. The first-order valence-electron chi connectivity index (χ1n) is 8.05. The third-order valence-electron chi connectivity index (χ3n) is 4.81. The molecule has 1 unspecified atom stereocenters. The molecule has 114 valence electrons. The van der Waals surface area contributed by atoms with Crippen LogP contribution in [0.15, 0.2) is 0 Å². The smallest absolute Gasteiger partial charge is 0.312 e. The zero-order valence-corrected chi connectivity index (χ0v) is 14.1. The van der Waals surface area contributed by atoms with Crippen molar-refractivity contribution in [3.63, 3.8) is 0 Å². The van der Waals surface area contributed by atoms with Crippen molar-refractivity contribution in [2.75, 3.05) is 0 Å². The third-order valence-corrected chi connectivity index (χ3v) is 4.81. The standard InChI is InChI=1S/C17H34O2/c1-8-12-16(7,14(5)6)15(18)19-17(10-3,11-4)13-9-2/h14H,8-13H2,1-7H3. The maximum Gasteiger partial charge on any atom is 0.312 e. The highest BCUT2D eigenvalue weighted by molar-refractivity contribution is 5.77. The van der Waals surface area contributed by atoms with Gasteiger partial charge in [-0.15, -0.1) is 0 Å². The number of carbonyl (C=O) groups excluding carboxylic acids is 1. The van der Waals surface area contributed by atoms with Gasteiger partial charge in [0.1, 0.15) is 5.60 Å². The summed E-state index contributed by atoms with van der Waals surface area (Å²) in [5.41, 5.74) is -0.603. The fourth-order valence-electron chi connectivity index (χ4n) is 2.71. The predicted octanol–water partition coefficient (Wildman–Crippen LogP) is 5.35. The molecule has 0 aromatic carbocycles. The molecule has 0 spiro atoms. The number of esters is 1. The van der Waals surface area contributed by atoms with E-state index in [4.69, 9.17) is 4.74 Å². The molecule has 0 saturated heterocycles. The molecular formula is C17H34O2. The summed E-state index contributed by atoms with van der Waals surface area (Å²) in [5.74, 6) is 0.314. The summed E-state index contributed by atoms with van der Waals surface area (Å²) < 4.78 is 6.02. The minimum absolute atomic E-state index is 0.00139. The second kappa shape index (κ2) is 7.91. The third kappa shape index (κ3) is 4.50. The molecule has 0 N–H and O–H groups in total. The maximum absolute atomic E-state index is 12.7. The average molecular weight is 270 g/mol. The van der Waals surface area contributed by atoms with Crippen LogP contribution in [-0.4, -0.2) is 11.6 Å². The Morgan fingerprint density at radius 2 is 1.47 bits per heavy atom. The van der Waals surface area contributed by atoms with E-state index in [0.29, 0.717) is 5.92 Å². The van der Waals surface area contributed by atoms with Crippen LogP contribution in [0.1, 0.15) is 87.0 Å². The molecule has 0 amide bonds. The maximum atomic E-state index is 12.7. The molecule has 19 heavy (non-hydrogen) atoms. The van der Waals surface area contributed by atoms with Gasteiger partial charge in [0.2, 0.25) is 0 Å². The van der Waals surface area contributed by atoms with E-state index in [0.717, 1.165) is 38.5 Å². The highest BCUT2D eigenvalue weighted by Crippen LogP contribution is 2.37. The summed E-state index contributed by atoms with van der Waals surface area (Å²) in [6.07, 6.45) is 5.75. The molecule has 2 heteroatoms. The second-order valence-electron chi connectivity index (χ2n) is 6.35. The van der Waals surface area contributed by atoms with Gasteiger partial charge in [-0.25, -0.2) is 0 Å². The van der Waals surface area contributed by atoms with E-state index < -0.39 is 0 Å². The molecule has 0 aliphatic carbocycles. The van der Waals surface area contributed by atoms with Gasteiger partial charge >= 0.3 is 5.97 Å². The molecule has 0 aliphatic rings. The summed E-state index contributed by atoms with van der Waals surface area (Å²) in [6, 6.07) is 0. The monoisotopic (exact) mass is 270 g/mol. The minimum atomic E-state index is -0.349. The zero-order valence-electron chi connectivity index (χ0n) is 14.1. The van der Waals surface area contributed by atoms with Gasteiger partial charge in [-0.3, -0.25) is 4.79 Å². The molecule has 0 bridgehead atoms. The summed E-state index contributed by atoms with van der Waals surface area (Å²) >= 11 is 0. The molecule has 0 rings (SSSR count). The number of carbonyl (C=O) groups is 1. The zero-order chi connectivity index (χ0) is 15.1. The van der Waals surface area contributed by atoms with E-state index in [-0.39, 0.29) is 17.0 Å². The van der Waals surface area contributed by atoms with E-state index in [9.17, 15) is 4.79 Å². The van der Waals surface area contributed by atoms with E-state index >= 15 is 0 Å². The van der Waals surface area contributed by atoms with E-state index in [2.05, 4.69) is 48.5 Å². The summed E-state index contributed by atoms with van der Waals surface area (Å²) in [7, 11) is 0. The van der Waals surface area contributed by atoms with Gasteiger partial charge in [0.25, 0.3) is 0 Å². The summed E-state index contributed by atoms with van der Waals surface area (Å²) in [6.45, 7) is 14.8.